The molecule has 4 aromatic rings. The summed E-state index contributed by atoms with van der Waals surface area (Å²) in [6.45, 7) is 2.99. The zero-order chi connectivity index (χ0) is 29.0. The summed E-state index contributed by atoms with van der Waals surface area (Å²) in [6, 6.07) is 8.42. The zero-order valence-electron chi connectivity index (χ0n) is 21.2. The number of carbonyl (C=O) groups is 2. The molecule has 0 atom stereocenters. The molecule has 0 fully saturated rings. The third kappa shape index (κ3) is 6.41. The highest BCUT2D eigenvalue weighted by Crippen LogP contribution is 2.31. The van der Waals surface area contributed by atoms with Crippen LogP contribution in [-0.4, -0.2) is 49.6 Å². The Balaban J connectivity index is 1.53. The van der Waals surface area contributed by atoms with Gasteiger partial charge in [-0.1, -0.05) is 0 Å². The summed E-state index contributed by atoms with van der Waals surface area (Å²) in [6.07, 6.45) is -1.17. The van der Waals surface area contributed by atoms with Gasteiger partial charge in [-0.3, -0.25) is 9.59 Å². The Hall–Kier alpha value is -3.18. The number of benzene rings is 2. The van der Waals surface area contributed by atoms with E-state index in [1.165, 1.54) is 12.1 Å². The van der Waals surface area contributed by atoms with Gasteiger partial charge < -0.3 is 32.9 Å². The van der Waals surface area contributed by atoms with Crippen molar-refractivity contribution in [1.82, 2.24) is 0 Å². The van der Waals surface area contributed by atoms with Gasteiger partial charge in [0.25, 0.3) is 0 Å². The number of halogens is 2. The summed E-state index contributed by atoms with van der Waals surface area (Å²) >= 11 is 3.96. The van der Waals surface area contributed by atoms with Gasteiger partial charge in [0, 0.05) is 12.1 Å². The molecule has 0 saturated heterocycles. The Labute approximate surface area is 253 Å². The van der Waals surface area contributed by atoms with Crippen LogP contribution in [0.25, 0.3) is 21.9 Å². The number of hydrogen-bond acceptors (Lipinski definition) is 11. The van der Waals surface area contributed by atoms with Gasteiger partial charge in [-0.2, -0.15) is 0 Å². The Kier molecular flexibility index (Phi) is 9.68. The standard InChI is InChI=1S/C27H22I2O11/c1-3-35-26(33)20-9-16(31)22-18(39-20)7-5-14(28)24(22)37-11-13(30)12-38-25-15(29)6-8-19-23(25)17(32)10-21(40-19)27(34)36-4-2/h5-10,13,30H,3-4,11-12H2,1-2H3. The molecule has 0 bridgehead atoms. The molecule has 4 rings (SSSR count). The molecule has 13 heteroatoms. The van der Waals surface area contributed by atoms with Gasteiger partial charge in [-0.15, -0.1) is 0 Å². The van der Waals surface area contributed by atoms with Gasteiger partial charge in [-0.25, -0.2) is 9.59 Å². The predicted molar refractivity (Wildman–Crippen MR) is 159 cm³/mol. The molecule has 11 nitrogen and oxygen atoms in total. The van der Waals surface area contributed by atoms with Gasteiger partial charge in [-0.05, 0) is 83.3 Å². The Bertz CT molecular complexity index is 1580. The average Bonchev–Trinajstić information content (AvgIpc) is 2.92. The minimum Gasteiger partial charge on any atom is -0.489 e. The lowest BCUT2D eigenvalue weighted by Crippen LogP contribution is -2.26. The molecule has 0 saturated carbocycles. The monoisotopic (exact) mass is 776 g/mol. The van der Waals surface area contributed by atoms with E-state index in [2.05, 4.69) is 0 Å². The van der Waals surface area contributed by atoms with E-state index >= 15 is 0 Å². The second kappa shape index (κ2) is 13.0. The average molecular weight is 776 g/mol. The summed E-state index contributed by atoms with van der Waals surface area (Å²) in [7, 11) is 0. The Morgan fingerprint density at radius 2 is 1.18 bits per heavy atom. The number of aliphatic hydroxyl groups excluding tert-OH is 1. The molecule has 0 unspecified atom stereocenters. The molecule has 2 aromatic heterocycles. The number of esters is 2. The molecule has 210 valence electrons. The lowest BCUT2D eigenvalue weighted by Gasteiger charge is -2.17. The maximum atomic E-state index is 12.8. The smallest absolute Gasteiger partial charge is 0.374 e. The molecule has 0 amide bonds. The number of ether oxygens (including phenoxy) is 4. The molecule has 40 heavy (non-hydrogen) atoms. The van der Waals surface area contributed by atoms with Crippen LogP contribution in [0.1, 0.15) is 35.0 Å². The van der Waals surface area contributed by atoms with Crippen molar-refractivity contribution in [2.45, 2.75) is 20.0 Å². The molecule has 0 aliphatic heterocycles. The Morgan fingerprint density at radius 3 is 1.55 bits per heavy atom. The first kappa shape index (κ1) is 29.8. The molecule has 0 aliphatic rings. The van der Waals surface area contributed by atoms with Crippen LogP contribution in [0.2, 0.25) is 0 Å². The van der Waals surface area contributed by atoms with Crippen LogP contribution in [0, 0.1) is 7.14 Å². The van der Waals surface area contributed by atoms with E-state index in [1.54, 1.807) is 26.0 Å². The van der Waals surface area contributed by atoms with Gasteiger partial charge in [0.15, 0.2) is 10.9 Å². The van der Waals surface area contributed by atoms with E-state index in [0.717, 1.165) is 12.1 Å². The zero-order valence-corrected chi connectivity index (χ0v) is 25.5. The van der Waals surface area contributed by atoms with Crippen molar-refractivity contribution in [2.24, 2.45) is 0 Å². The van der Waals surface area contributed by atoms with Gasteiger partial charge in [0.2, 0.25) is 11.5 Å². The highest BCUT2D eigenvalue weighted by molar-refractivity contribution is 14.1. The normalized spacial score (nSPS) is 11.2. The fourth-order valence-corrected chi connectivity index (χ4v) is 4.90. The van der Waals surface area contributed by atoms with Crippen molar-refractivity contribution in [1.29, 1.82) is 0 Å². The molecule has 0 radical (unpaired) electrons. The van der Waals surface area contributed by atoms with Crippen LogP contribution in [0.3, 0.4) is 0 Å². The third-order valence-corrected chi connectivity index (χ3v) is 7.09. The van der Waals surface area contributed by atoms with Crippen LogP contribution in [0.4, 0.5) is 0 Å². The first-order valence-electron chi connectivity index (χ1n) is 11.9. The summed E-state index contributed by atoms with van der Waals surface area (Å²) in [5, 5.41) is 10.8. The minimum absolute atomic E-state index is 0.103. The molecular formula is C27H22I2O11. The molecule has 1 N–H and O–H groups in total. The maximum absolute atomic E-state index is 12.8. The van der Waals surface area contributed by atoms with E-state index in [4.69, 9.17) is 27.8 Å². The molecular weight excluding hydrogens is 754 g/mol. The van der Waals surface area contributed by atoms with Crippen molar-refractivity contribution < 1.29 is 42.5 Å². The van der Waals surface area contributed by atoms with Gasteiger partial charge in [0.05, 0.1) is 20.4 Å². The summed E-state index contributed by atoms with van der Waals surface area (Å²) in [5.74, 6) is -1.64. The van der Waals surface area contributed by atoms with Crippen LogP contribution in [0.15, 0.2) is 54.8 Å². The van der Waals surface area contributed by atoms with Crippen molar-refractivity contribution in [2.75, 3.05) is 26.4 Å². The van der Waals surface area contributed by atoms with E-state index in [9.17, 15) is 24.3 Å². The molecule has 2 heterocycles. The van der Waals surface area contributed by atoms with Crippen molar-refractivity contribution in [3.8, 4) is 11.5 Å². The molecule has 0 aliphatic carbocycles. The van der Waals surface area contributed by atoms with Gasteiger partial charge >= 0.3 is 11.9 Å². The maximum Gasteiger partial charge on any atom is 0.374 e. The fraction of sp³-hybridized carbons (Fsp3) is 0.259. The van der Waals surface area contributed by atoms with Crippen LogP contribution < -0.4 is 20.3 Å². The van der Waals surface area contributed by atoms with Crippen molar-refractivity contribution >= 4 is 79.1 Å². The van der Waals surface area contributed by atoms with E-state index in [0.29, 0.717) is 7.14 Å². The quantitative estimate of drug-likeness (QED) is 0.182. The molecule has 2 aromatic carbocycles. The van der Waals surface area contributed by atoms with Gasteiger partial charge in [0.1, 0.15) is 52.8 Å². The van der Waals surface area contributed by atoms with E-state index in [-0.39, 0.29) is 71.4 Å². The first-order valence-corrected chi connectivity index (χ1v) is 14.1. The highest BCUT2D eigenvalue weighted by Gasteiger charge is 2.21. The summed E-state index contributed by atoms with van der Waals surface area (Å²) in [4.78, 5) is 49.7. The van der Waals surface area contributed by atoms with Crippen molar-refractivity contribution in [3.63, 3.8) is 0 Å². The van der Waals surface area contributed by atoms with Crippen molar-refractivity contribution in [3.05, 3.63) is 75.5 Å². The lowest BCUT2D eigenvalue weighted by molar-refractivity contribution is 0.0482. The third-order valence-electron chi connectivity index (χ3n) is 5.39. The second-order valence-corrected chi connectivity index (χ2v) is 10.5. The second-order valence-electron chi connectivity index (χ2n) is 8.17. The first-order chi connectivity index (χ1) is 19.1. The van der Waals surface area contributed by atoms with E-state index < -0.39 is 28.9 Å². The predicted octanol–water partition coefficient (Wildman–Crippen LogP) is 4.28. The molecule has 0 spiro atoms. The topological polar surface area (TPSA) is 152 Å². The largest absolute Gasteiger partial charge is 0.489 e. The number of fused-ring (bicyclic) bond motifs is 2. The van der Waals surface area contributed by atoms with E-state index in [1.807, 2.05) is 45.2 Å². The van der Waals surface area contributed by atoms with Crippen LogP contribution in [-0.2, 0) is 9.47 Å². The van der Waals surface area contributed by atoms with Crippen LogP contribution in [0.5, 0.6) is 11.5 Å². The fourth-order valence-electron chi connectivity index (χ4n) is 3.69. The highest BCUT2D eigenvalue weighted by atomic mass is 127. The summed E-state index contributed by atoms with van der Waals surface area (Å²) in [5.41, 5.74) is -0.780. The SMILES string of the molecule is CCOC(=O)c1cc(=O)c2c(OCC(O)COc3c(I)ccc4oc(C(=O)OCC)cc(=O)c34)c(I)ccc2o1. The number of carbonyl (C=O) groups excluding carboxylic acids is 2. The number of rotatable bonds is 10. The minimum atomic E-state index is -1.17. The number of aliphatic hydroxyl groups is 1. The lowest BCUT2D eigenvalue weighted by atomic mass is 10.2. The summed E-state index contributed by atoms with van der Waals surface area (Å²) < 4.78 is 33.6. The number of hydrogen-bond donors (Lipinski definition) is 1. The Morgan fingerprint density at radius 1 is 0.775 bits per heavy atom. The van der Waals surface area contributed by atoms with Crippen LogP contribution >= 0.6 is 45.2 Å².